The van der Waals surface area contributed by atoms with Gasteiger partial charge in [-0.15, -0.1) is 0 Å². The summed E-state index contributed by atoms with van der Waals surface area (Å²) in [6.07, 6.45) is -1.98. The first-order valence-electron chi connectivity index (χ1n) is 7.70. The molecule has 1 aliphatic heterocycles. The predicted molar refractivity (Wildman–Crippen MR) is 84.9 cm³/mol. The number of rotatable bonds is 5. The van der Waals surface area contributed by atoms with Gasteiger partial charge in [-0.05, 0) is 17.7 Å². The molecule has 0 amide bonds. The average Bonchev–Trinajstić information content (AvgIpc) is 2.62. The lowest BCUT2D eigenvalue weighted by Crippen LogP contribution is -2.33. The van der Waals surface area contributed by atoms with Crippen LogP contribution < -0.4 is 15.4 Å². The molecule has 134 valence electrons. The average molecular weight is 354 g/mol. The van der Waals surface area contributed by atoms with E-state index < -0.39 is 12.8 Å². The minimum atomic E-state index is -4.39. The van der Waals surface area contributed by atoms with Crippen molar-refractivity contribution in [2.45, 2.75) is 12.3 Å². The van der Waals surface area contributed by atoms with Crippen molar-refractivity contribution in [3.8, 4) is 5.75 Å². The fourth-order valence-corrected chi connectivity index (χ4v) is 2.31. The molecule has 1 saturated heterocycles. The van der Waals surface area contributed by atoms with E-state index in [0.717, 1.165) is 24.3 Å². The lowest BCUT2D eigenvalue weighted by atomic mass is 10.1. The summed E-state index contributed by atoms with van der Waals surface area (Å²) in [7, 11) is 0. The van der Waals surface area contributed by atoms with Crippen molar-refractivity contribution in [3.05, 3.63) is 42.2 Å². The van der Waals surface area contributed by atoms with Gasteiger partial charge in [-0.2, -0.15) is 13.2 Å². The van der Waals surface area contributed by atoms with Crippen LogP contribution in [0.3, 0.4) is 0 Å². The number of hydrogen-bond acceptors (Lipinski definition) is 6. The number of halogens is 3. The number of aromatic nitrogens is 2. The standard InChI is InChI=1S/C16H17F3N4O2/c17-16(18,19)10-25-13-7-21-15(22-8-13)23-12-3-1-11(2-4-12)14-9-20-5-6-24-14/h1-4,7-8,14,20H,5-6,9-10H2,(H,21,22,23)/t14-/m1/s1. The highest BCUT2D eigenvalue weighted by atomic mass is 19.4. The summed E-state index contributed by atoms with van der Waals surface area (Å²) < 4.78 is 46.5. The molecule has 3 rings (SSSR count). The van der Waals surface area contributed by atoms with Crippen LogP contribution in [-0.4, -0.2) is 42.4 Å². The van der Waals surface area contributed by atoms with Crippen LogP contribution in [0.1, 0.15) is 11.7 Å². The van der Waals surface area contributed by atoms with Crippen molar-refractivity contribution in [2.75, 3.05) is 31.6 Å². The van der Waals surface area contributed by atoms with Crippen LogP contribution in [0.2, 0.25) is 0 Å². The second-order valence-corrected chi connectivity index (χ2v) is 5.46. The van der Waals surface area contributed by atoms with Crippen molar-refractivity contribution in [2.24, 2.45) is 0 Å². The Labute approximate surface area is 142 Å². The zero-order valence-electron chi connectivity index (χ0n) is 13.2. The number of alkyl halides is 3. The van der Waals surface area contributed by atoms with E-state index in [1.54, 1.807) is 0 Å². The molecule has 0 spiro atoms. The molecule has 1 aliphatic rings. The molecule has 2 heterocycles. The normalized spacial score (nSPS) is 18.0. The van der Waals surface area contributed by atoms with Crippen LogP contribution in [0, 0.1) is 0 Å². The Hall–Kier alpha value is -2.39. The monoisotopic (exact) mass is 354 g/mol. The zero-order valence-corrected chi connectivity index (χ0v) is 13.2. The summed E-state index contributed by atoms with van der Waals surface area (Å²) in [6.45, 7) is 0.940. The quantitative estimate of drug-likeness (QED) is 0.861. The fourth-order valence-electron chi connectivity index (χ4n) is 2.31. The van der Waals surface area contributed by atoms with Crippen molar-refractivity contribution in [1.29, 1.82) is 0 Å². The number of hydrogen-bond donors (Lipinski definition) is 2. The Balaban J connectivity index is 1.56. The molecule has 25 heavy (non-hydrogen) atoms. The predicted octanol–water partition coefficient (Wildman–Crippen LogP) is 2.82. The van der Waals surface area contributed by atoms with Crippen LogP contribution in [0.25, 0.3) is 0 Å². The van der Waals surface area contributed by atoms with Crippen molar-refractivity contribution in [1.82, 2.24) is 15.3 Å². The van der Waals surface area contributed by atoms with Gasteiger partial charge in [0.2, 0.25) is 5.95 Å². The molecule has 1 atom stereocenters. The molecule has 2 aromatic rings. The molecule has 1 aromatic carbocycles. The number of anilines is 2. The van der Waals surface area contributed by atoms with Gasteiger partial charge >= 0.3 is 6.18 Å². The minimum Gasteiger partial charge on any atom is -0.481 e. The van der Waals surface area contributed by atoms with Crippen molar-refractivity contribution >= 4 is 11.6 Å². The van der Waals surface area contributed by atoms with E-state index >= 15 is 0 Å². The highest BCUT2D eigenvalue weighted by molar-refractivity contribution is 5.53. The van der Waals surface area contributed by atoms with E-state index in [9.17, 15) is 13.2 Å². The van der Waals surface area contributed by atoms with E-state index in [-0.39, 0.29) is 17.8 Å². The van der Waals surface area contributed by atoms with Gasteiger partial charge in [0.1, 0.15) is 0 Å². The first-order chi connectivity index (χ1) is 12.0. The van der Waals surface area contributed by atoms with E-state index in [1.165, 1.54) is 12.4 Å². The second-order valence-electron chi connectivity index (χ2n) is 5.46. The highest BCUT2D eigenvalue weighted by Crippen LogP contribution is 2.22. The number of ether oxygens (including phenoxy) is 2. The summed E-state index contributed by atoms with van der Waals surface area (Å²) in [5, 5.41) is 6.25. The molecular weight excluding hydrogens is 337 g/mol. The largest absolute Gasteiger partial charge is 0.481 e. The Morgan fingerprint density at radius 3 is 2.52 bits per heavy atom. The van der Waals surface area contributed by atoms with Gasteiger partial charge in [-0.3, -0.25) is 0 Å². The maximum Gasteiger partial charge on any atom is 0.422 e. The third-order valence-corrected chi connectivity index (χ3v) is 3.50. The molecule has 6 nitrogen and oxygen atoms in total. The highest BCUT2D eigenvalue weighted by Gasteiger charge is 2.28. The zero-order chi connectivity index (χ0) is 17.7. The fraction of sp³-hybridized carbons (Fsp3) is 0.375. The summed E-state index contributed by atoms with van der Waals surface area (Å²) >= 11 is 0. The van der Waals surface area contributed by atoms with Crippen LogP contribution >= 0.6 is 0 Å². The first kappa shape index (κ1) is 17.4. The van der Waals surface area contributed by atoms with Gasteiger partial charge in [-0.1, -0.05) is 12.1 Å². The summed E-state index contributed by atoms with van der Waals surface area (Å²) in [4.78, 5) is 7.88. The maximum atomic E-state index is 12.1. The molecule has 9 heteroatoms. The molecule has 1 aromatic heterocycles. The van der Waals surface area contributed by atoms with Gasteiger partial charge in [0, 0.05) is 18.8 Å². The molecule has 0 aliphatic carbocycles. The van der Waals surface area contributed by atoms with Gasteiger partial charge in [0.05, 0.1) is 25.1 Å². The summed E-state index contributed by atoms with van der Waals surface area (Å²) in [5.41, 5.74) is 1.83. The molecular formula is C16H17F3N4O2. The molecule has 0 unspecified atom stereocenters. The Morgan fingerprint density at radius 2 is 1.92 bits per heavy atom. The third kappa shape index (κ3) is 5.30. The van der Waals surface area contributed by atoms with Crippen LogP contribution in [-0.2, 0) is 4.74 Å². The van der Waals surface area contributed by atoms with Crippen LogP contribution in [0.4, 0.5) is 24.8 Å². The topological polar surface area (TPSA) is 68.3 Å². The SMILES string of the molecule is FC(F)(F)COc1cnc(Nc2ccc([C@H]3CNCCO3)cc2)nc1. The van der Waals surface area contributed by atoms with E-state index in [1.807, 2.05) is 24.3 Å². The van der Waals surface area contributed by atoms with Crippen LogP contribution in [0.5, 0.6) is 5.75 Å². The van der Waals surface area contributed by atoms with E-state index in [0.29, 0.717) is 6.61 Å². The summed E-state index contributed by atoms with van der Waals surface area (Å²) in [5.74, 6) is 0.225. The Morgan fingerprint density at radius 1 is 1.20 bits per heavy atom. The molecule has 0 bridgehead atoms. The lowest BCUT2D eigenvalue weighted by molar-refractivity contribution is -0.153. The number of nitrogens with one attached hydrogen (secondary N) is 2. The van der Waals surface area contributed by atoms with E-state index in [4.69, 9.17) is 4.74 Å². The Kier molecular flexibility index (Phi) is 5.34. The minimum absolute atomic E-state index is 0.0316. The summed E-state index contributed by atoms with van der Waals surface area (Å²) in [6, 6.07) is 7.62. The molecule has 0 saturated carbocycles. The van der Waals surface area contributed by atoms with Gasteiger partial charge in [0.15, 0.2) is 12.4 Å². The van der Waals surface area contributed by atoms with Crippen LogP contribution in [0.15, 0.2) is 36.7 Å². The van der Waals surface area contributed by atoms with Gasteiger partial charge < -0.3 is 20.1 Å². The number of morpholine rings is 1. The maximum absolute atomic E-state index is 12.1. The third-order valence-electron chi connectivity index (χ3n) is 3.50. The number of nitrogens with zero attached hydrogens (tertiary/aromatic N) is 2. The van der Waals surface area contributed by atoms with Gasteiger partial charge in [-0.25, -0.2) is 9.97 Å². The lowest BCUT2D eigenvalue weighted by Gasteiger charge is -2.24. The smallest absolute Gasteiger partial charge is 0.422 e. The second kappa shape index (κ2) is 7.66. The molecule has 1 fully saturated rings. The number of benzene rings is 1. The first-order valence-corrected chi connectivity index (χ1v) is 7.70. The molecule has 2 N–H and O–H groups in total. The Bertz CT molecular complexity index is 671. The van der Waals surface area contributed by atoms with E-state index in [2.05, 4.69) is 25.3 Å². The van der Waals surface area contributed by atoms with Gasteiger partial charge in [0.25, 0.3) is 0 Å². The molecule has 0 radical (unpaired) electrons. The van der Waals surface area contributed by atoms with Crippen molar-refractivity contribution in [3.63, 3.8) is 0 Å². The van der Waals surface area contributed by atoms with Crippen molar-refractivity contribution < 1.29 is 22.6 Å².